The topological polar surface area (TPSA) is 169 Å². The Hall–Kier alpha value is -0.880. The summed E-state index contributed by atoms with van der Waals surface area (Å²) in [6, 6.07) is 0. The van der Waals surface area contributed by atoms with E-state index >= 15 is 0 Å². The molecule has 0 aliphatic carbocycles. The molecule has 5 N–H and O–H groups in total. The van der Waals surface area contributed by atoms with E-state index in [0.717, 1.165) is 0 Å². The number of aliphatic hydroxyl groups is 1. The van der Waals surface area contributed by atoms with Crippen LogP contribution in [-0.2, 0) is 31.7 Å². The fourth-order valence-electron chi connectivity index (χ4n) is 0.192. The van der Waals surface area contributed by atoms with Crippen molar-refractivity contribution in [2.45, 2.75) is 5.44 Å². The molecule has 0 aliphatic rings. The molecule has 3 unspecified atom stereocenters. The van der Waals surface area contributed by atoms with E-state index in [1.807, 2.05) is 0 Å². The molecule has 0 fully saturated rings. The van der Waals surface area contributed by atoms with E-state index < -0.39 is 45.3 Å². The number of carbonyl (C=O) groups is 2. The Morgan fingerprint density at radius 1 is 1.13 bits per heavy atom. The molecule has 0 radical (unpaired) electrons. The van der Waals surface area contributed by atoms with Crippen molar-refractivity contribution >= 4 is 34.1 Å². The third kappa shape index (κ3) is 13.1. The van der Waals surface area contributed by atoms with E-state index in [-0.39, 0.29) is 0 Å². The number of hydrogen-bond acceptors (Lipinski definition) is 5. The zero-order chi connectivity index (χ0) is 12.6. The normalized spacial score (nSPS) is 15.4. The largest absolute Gasteiger partial charge is 0.480 e. The molecule has 0 bridgehead atoms. The van der Waals surface area contributed by atoms with E-state index in [2.05, 4.69) is 0 Å². The third-order valence-electron chi connectivity index (χ3n) is 0.649. The summed E-state index contributed by atoms with van der Waals surface area (Å²) in [5.74, 6) is -3.66. The van der Waals surface area contributed by atoms with Crippen molar-refractivity contribution in [3.8, 4) is 0 Å². The van der Waals surface area contributed by atoms with Crippen molar-refractivity contribution in [1.29, 1.82) is 0 Å². The van der Waals surface area contributed by atoms with Gasteiger partial charge >= 0.3 is 11.9 Å². The first-order valence-corrected chi connectivity index (χ1v) is 5.42. The minimum atomic E-state index is -2.68. The molecule has 0 rings (SSSR count). The number of carboxylic acid groups (broad SMARTS) is 2. The minimum absolute atomic E-state index is 0.694. The molecule has 0 aromatic carbocycles. The van der Waals surface area contributed by atoms with Crippen LogP contribution in [0.5, 0.6) is 0 Å². The monoisotopic (exact) mass is 264 g/mol. The average Bonchev–Trinajstić information content (AvgIpc) is 2.00. The molecule has 0 spiro atoms. The van der Waals surface area contributed by atoms with Crippen LogP contribution in [0.1, 0.15) is 0 Å². The molecule has 90 valence electrons. The average molecular weight is 264 g/mol. The van der Waals surface area contributed by atoms with Gasteiger partial charge in [-0.1, -0.05) is 0 Å². The van der Waals surface area contributed by atoms with Gasteiger partial charge in [-0.2, -0.15) is 0 Å². The lowest BCUT2D eigenvalue weighted by atomic mass is 10.7. The summed E-state index contributed by atoms with van der Waals surface area (Å²) in [4.78, 5) is 19.0. The Morgan fingerprint density at radius 2 is 1.53 bits per heavy atom. The van der Waals surface area contributed by atoms with Crippen LogP contribution in [0.2, 0.25) is 0 Å². The molecule has 0 aromatic rings. The summed E-state index contributed by atoms with van der Waals surface area (Å²) < 4.78 is 34.8. The Bertz CT molecular complexity index is 247. The van der Waals surface area contributed by atoms with Crippen molar-refractivity contribution in [3.63, 3.8) is 0 Å². The number of aliphatic hydroxyl groups excluding tert-OH is 1. The molecule has 0 aliphatic heterocycles. The molecular formula is C4H8O9S2. The molecular weight excluding hydrogens is 256 g/mol. The predicted molar refractivity (Wildman–Crippen MR) is 47.7 cm³/mol. The van der Waals surface area contributed by atoms with Crippen molar-refractivity contribution in [3.05, 3.63) is 0 Å². The lowest BCUT2D eigenvalue weighted by Gasteiger charge is -1.94. The maximum absolute atomic E-state index is 9.62. The Balaban J connectivity index is 0. The van der Waals surface area contributed by atoms with Crippen LogP contribution in [0.3, 0.4) is 0 Å². The highest BCUT2D eigenvalue weighted by molar-refractivity contribution is 7.80. The van der Waals surface area contributed by atoms with Crippen molar-refractivity contribution in [2.24, 2.45) is 0 Å². The summed E-state index contributed by atoms with van der Waals surface area (Å²) in [7, 11) is 0. The third-order valence-corrected chi connectivity index (χ3v) is 1.73. The lowest BCUT2D eigenvalue weighted by Crippen LogP contribution is -2.23. The van der Waals surface area contributed by atoms with Gasteiger partial charge in [-0.25, -0.2) is 13.2 Å². The second-order valence-electron chi connectivity index (χ2n) is 1.83. The van der Waals surface area contributed by atoms with Gasteiger partial charge in [0, 0.05) is 0 Å². The Labute approximate surface area is 88.3 Å². The maximum Gasteiger partial charge on any atom is 0.348 e. The molecule has 11 heteroatoms. The summed E-state index contributed by atoms with van der Waals surface area (Å²) in [5, 5.41) is 23.5. The maximum atomic E-state index is 9.62. The zero-order valence-corrected chi connectivity index (χ0v) is 8.60. The number of rotatable bonds is 4. The van der Waals surface area contributed by atoms with Crippen LogP contribution >= 0.6 is 0 Å². The SMILES string of the molecule is O=C(O)C(O)S(=O)O.O=C(O)CS(=O)O. The van der Waals surface area contributed by atoms with Gasteiger partial charge in [0.05, 0.1) is 0 Å². The standard InChI is InChI=1S/C2H4O5S.C2H4O4S/c3-1(4)2(5)8(6)7;3-2(4)1-7(5)6/h2,5H,(H,3,4)(H,6,7);1H2,(H,3,4)(H,5,6). The summed E-state index contributed by atoms with van der Waals surface area (Å²) in [6.07, 6.45) is 0. The second kappa shape index (κ2) is 8.43. The number of aliphatic carboxylic acids is 2. The van der Waals surface area contributed by atoms with Crippen LogP contribution in [0.25, 0.3) is 0 Å². The predicted octanol–water partition coefficient (Wildman–Crippen LogP) is -2.10. The summed E-state index contributed by atoms with van der Waals surface area (Å²) >= 11 is -4.88. The molecule has 0 saturated carbocycles. The van der Waals surface area contributed by atoms with Crippen molar-refractivity contribution < 1.29 is 42.4 Å². The fraction of sp³-hybridized carbons (Fsp3) is 0.500. The fourth-order valence-corrected chi connectivity index (χ4v) is 0.576. The smallest absolute Gasteiger partial charge is 0.348 e. The van der Waals surface area contributed by atoms with E-state index in [4.69, 9.17) is 24.4 Å². The van der Waals surface area contributed by atoms with Gasteiger partial charge in [-0.15, -0.1) is 0 Å². The van der Waals surface area contributed by atoms with Crippen LogP contribution in [0.15, 0.2) is 0 Å². The molecule has 15 heavy (non-hydrogen) atoms. The molecule has 3 atom stereocenters. The summed E-state index contributed by atoms with van der Waals surface area (Å²) in [6.45, 7) is 0. The van der Waals surface area contributed by atoms with Crippen molar-refractivity contribution in [2.75, 3.05) is 5.75 Å². The van der Waals surface area contributed by atoms with E-state index in [1.54, 1.807) is 0 Å². The van der Waals surface area contributed by atoms with Gasteiger partial charge in [-0.3, -0.25) is 4.79 Å². The number of carboxylic acids is 2. The van der Waals surface area contributed by atoms with E-state index in [1.165, 1.54) is 0 Å². The van der Waals surface area contributed by atoms with Gasteiger partial charge in [0.15, 0.2) is 22.2 Å². The number of hydrogen-bond donors (Lipinski definition) is 5. The van der Waals surface area contributed by atoms with Gasteiger partial charge in [-0.05, 0) is 0 Å². The molecule has 0 heterocycles. The van der Waals surface area contributed by atoms with Crippen LogP contribution in [0, 0.1) is 0 Å². The highest BCUT2D eigenvalue weighted by Crippen LogP contribution is 1.85. The second-order valence-corrected chi connectivity index (χ2v) is 3.76. The van der Waals surface area contributed by atoms with Gasteiger partial charge in [0.25, 0.3) is 5.44 Å². The van der Waals surface area contributed by atoms with E-state index in [0.29, 0.717) is 0 Å². The first-order valence-electron chi connectivity index (χ1n) is 2.98. The highest BCUT2D eigenvalue weighted by atomic mass is 32.2. The Kier molecular flexibility index (Phi) is 9.30. The highest BCUT2D eigenvalue weighted by Gasteiger charge is 2.18. The molecule has 0 saturated heterocycles. The first kappa shape index (κ1) is 16.5. The first-order chi connectivity index (χ1) is 6.68. The van der Waals surface area contributed by atoms with Gasteiger partial charge < -0.3 is 24.4 Å². The zero-order valence-electron chi connectivity index (χ0n) is 6.97. The van der Waals surface area contributed by atoms with Crippen molar-refractivity contribution in [1.82, 2.24) is 0 Å². The van der Waals surface area contributed by atoms with Gasteiger partial charge in [0.1, 0.15) is 5.75 Å². The minimum Gasteiger partial charge on any atom is -0.480 e. The molecule has 0 amide bonds. The lowest BCUT2D eigenvalue weighted by molar-refractivity contribution is -0.142. The molecule has 9 nitrogen and oxygen atoms in total. The van der Waals surface area contributed by atoms with Gasteiger partial charge in [0.2, 0.25) is 0 Å². The summed E-state index contributed by atoms with van der Waals surface area (Å²) in [5.41, 5.74) is -2.19. The van der Waals surface area contributed by atoms with E-state index in [9.17, 15) is 18.0 Å². The molecule has 0 aromatic heterocycles. The van der Waals surface area contributed by atoms with Crippen LogP contribution in [-0.4, -0.2) is 56.0 Å². The van der Waals surface area contributed by atoms with Crippen LogP contribution < -0.4 is 0 Å². The van der Waals surface area contributed by atoms with Crippen LogP contribution in [0.4, 0.5) is 0 Å². The quantitative estimate of drug-likeness (QED) is 0.357. The Morgan fingerprint density at radius 3 is 1.53 bits per heavy atom.